The van der Waals surface area contributed by atoms with Gasteiger partial charge in [0.15, 0.2) is 17.1 Å². The van der Waals surface area contributed by atoms with Gasteiger partial charge >= 0.3 is 0 Å². The molecule has 1 aromatic carbocycles. The maximum Gasteiger partial charge on any atom is 0.231 e. The zero-order chi connectivity index (χ0) is 19.8. The molecule has 0 saturated carbocycles. The first-order valence-corrected chi connectivity index (χ1v) is 10.0. The van der Waals surface area contributed by atoms with E-state index in [2.05, 4.69) is 20.4 Å². The fourth-order valence-corrected chi connectivity index (χ4v) is 4.03. The van der Waals surface area contributed by atoms with Gasteiger partial charge in [0.2, 0.25) is 11.9 Å². The van der Waals surface area contributed by atoms with Crippen LogP contribution in [0.2, 0.25) is 5.02 Å². The van der Waals surface area contributed by atoms with E-state index in [1.807, 2.05) is 28.8 Å². The summed E-state index contributed by atoms with van der Waals surface area (Å²) in [5.41, 5.74) is 1.32. The summed E-state index contributed by atoms with van der Waals surface area (Å²) in [6.45, 7) is 2.45. The number of anilines is 2. The molecule has 150 valence electrons. The van der Waals surface area contributed by atoms with E-state index in [1.54, 1.807) is 12.1 Å². The maximum atomic E-state index is 12.9. The second-order valence-electron chi connectivity index (χ2n) is 7.18. The number of halogens is 1. The zero-order valence-electron chi connectivity index (χ0n) is 15.7. The summed E-state index contributed by atoms with van der Waals surface area (Å²) in [4.78, 5) is 15.0. The minimum atomic E-state index is -0.150. The number of hydrogen-bond acceptors (Lipinski definition) is 6. The molecule has 1 saturated heterocycles. The van der Waals surface area contributed by atoms with E-state index in [4.69, 9.17) is 21.1 Å². The van der Waals surface area contributed by atoms with Gasteiger partial charge in [-0.25, -0.2) is 0 Å². The third kappa shape index (κ3) is 3.44. The Morgan fingerprint density at radius 1 is 1.17 bits per heavy atom. The second kappa shape index (κ2) is 7.44. The Labute approximate surface area is 172 Å². The second-order valence-corrected chi connectivity index (χ2v) is 7.59. The minimum absolute atomic E-state index is 0.0155. The van der Waals surface area contributed by atoms with Crippen molar-refractivity contribution >= 4 is 34.8 Å². The van der Waals surface area contributed by atoms with Crippen molar-refractivity contribution in [2.75, 3.05) is 36.5 Å². The average molecular weight is 414 g/mol. The van der Waals surface area contributed by atoms with E-state index in [9.17, 15) is 4.79 Å². The lowest BCUT2D eigenvalue weighted by Crippen LogP contribution is -2.41. The first-order chi connectivity index (χ1) is 14.2. The van der Waals surface area contributed by atoms with Crippen LogP contribution in [0.3, 0.4) is 0 Å². The molecule has 0 radical (unpaired) electrons. The lowest BCUT2D eigenvalue weighted by Gasteiger charge is -2.32. The molecule has 1 fully saturated rings. The first-order valence-electron chi connectivity index (χ1n) is 9.64. The lowest BCUT2D eigenvalue weighted by molar-refractivity contribution is -0.120. The Balaban J connectivity index is 1.31. The van der Waals surface area contributed by atoms with E-state index in [1.165, 1.54) is 0 Å². The van der Waals surface area contributed by atoms with Crippen molar-refractivity contribution in [2.24, 2.45) is 5.92 Å². The number of hydrogen-bond donors (Lipinski definition) is 1. The molecule has 1 N–H and O–H groups in total. The molecule has 29 heavy (non-hydrogen) atoms. The molecule has 0 bridgehead atoms. The van der Waals surface area contributed by atoms with E-state index in [-0.39, 0.29) is 11.8 Å². The van der Waals surface area contributed by atoms with Crippen LogP contribution in [0.25, 0.3) is 5.65 Å². The van der Waals surface area contributed by atoms with E-state index in [0.29, 0.717) is 53.6 Å². The monoisotopic (exact) mass is 413 g/mol. The van der Waals surface area contributed by atoms with E-state index in [0.717, 1.165) is 19.4 Å². The number of carbonyl (C=O) groups excluding carboxylic acids is 1. The number of rotatable bonds is 3. The van der Waals surface area contributed by atoms with Gasteiger partial charge in [0.1, 0.15) is 13.2 Å². The van der Waals surface area contributed by atoms with Crippen molar-refractivity contribution in [3.05, 3.63) is 41.6 Å². The molecular weight excluding hydrogens is 394 g/mol. The Bertz CT molecular complexity index is 1070. The molecule has 4 heterocycles. The fourth-order valence-electron chi connectivity index (χ4n) is 3.83. The van der Waals surface area contributed by atoms with E-state index >= 15 is 0 Å². The van der Waals surface area contributed by atoms with Gasteiger partial charge in [0.05, 0.1) is 10.9 Å². The van der Waals surface area contributed by atoms with Crippen LogP contribution >= 0.6 is 11.6 Å². The van der Waals surface area contributed by atoms with Crippen molar-refractivity contribution in [3.8, 4) is 11.5 Å². The van der Waals surface area contributed by atoms with Crippen molar-refractivity contribution in [2.45, 2.75) is 12.8 Å². The van der Waals surface area contributed by atoms with Gasteiger partial charge in [0.25, 0.3) is 0 Å². The predicted octanol–water partition coefficient (Wildman–Crippen LogP) is 3.01. The molecule has 0 spiro atoms. The van der Waals surface area contributed by atoms with Gasteiger partial charge in [-0.1, -0.05) is 11.6 Å². The van der Waals surface area contributed by atoms with Crippen LogP contribution in [0.4, 0.5) is 11.6 Å². The molecule has 2 aliphatic heterocycles. The lowest BCUT2D eigenvalue weighted by atomic mass is 9.97. The number of carbonyl (C=O) groups is 1. The Morgan fingerprint density at radius 3 is 2.93 bits per heavy atom. The maximum absolute atomic E-state index is 12.9. The fraction of sp³-hybridized carbons (Fsp3) is 0.350. The van der Waals surface area contributed by atoms with Crippen LogP contribution in [0.5, 0.6) is 11.5 Å². The SMILES string of the molecule is O=C(Nc1ccc2c(c1)OCCO2)[C@@H]1CCCN(c2nnc3c(Cl)cccn23)C1. The number of piperidine rings is 1. The molecule has 1 atom stereocenters. The van der Waals surface area contributed by atoms with Gasteiger partial charge in [-0.2, -0.15) is 0 Å². The van der Waals surface area contributed by atoms with Gasteiger partial charge in [-0.3, -0.25) is 9.20 Å². The predicted molar refractivity (Wildman–Crippen MR) is 109 cm³/mol. The summed E-state index contributed by atoms with van der Waals surface area (Å²) in [7, 11) is 0. The van der Waals surface area contributed by atoms with Crippen LogP contribution in [-0.4, -0.2) is 46.8 Å². The van der Waals surface area contributed by atoms with Crippen molar-refractivity contribution in [1.82, 2.24) is 14.6 Å². The summed E-state index contributed by atoms with van der Waals surface area (Å²) < 4.78 is 13.0. The molecule has 9 heteroatoms. The highest BCUT2D eigenvalue weighted by molar-refractivity contribution is 6.33. The Hall–Kier alpha value is -3.00. The standard InChI is InChI=1S/C20H20ClN5O3/c21-15-4-2-8-26-18(15)23-24-20(26)25-7-1-3-13(12-25)19(27)22-14-5-6-16-17(11-14)29-10-9-28-16/h2,4-6,8,11,13H,1,3,7,9-10,12H2,(H,22,27)/t13-/m1/s1. The van der Waals surface area contributed by atoms with E-state index < -0.39 is 0 Å². The zero-order valence-corrected chi connectivity index (χ0v) is 16.4. The normalized spacial score (nSPS) is 18.7. The molecule has 5 rings (SSSR count). The summed E-state index contributed by atoms with van der Waals surface area (Å²) in [6.07, 6.45) is 3.61. The molecule has 0 aliphatic carbocycles. The third-order valence-corrected chi connectivity index (χ3v) is 5.55. The number of nitrogens with one attached hydrogen (secondary N) is 1. The van der Waals surface area contributed by atoms with Gasteiger partial charge in [-0.05, 0) is 37.1 Å². The minimum Gasteiger partial charge on any atom is -0.486 e. The number of amides is 1. The van der Waals surface area contributed by atoms with Crippen molar-refractivity contribution in [1.29, 1.82) is 0 Å². The first kappa shape index (κ1) is 18.1. The molecule has 2 aromatic heterocycles. The average Bonchev–Trinajstić information content (AvgIpc) is 3.19. The number of nitrogens with zero attached hydrogens (tertiary/aromatic N) is 4. The molecular formula is C20H20ClN5O3. The van der Waals surface area contributed by atoms with Crippen LogP contribution in [0.15, 0.2) is 36.5 Å². The molecule has 2 aliphatic rings. The van der Waals surface area contributed by atoms with Gasteiger partial charge in [0, 0.05) is 31.0 Å². The molecule has 8 nitrogen and oxygen atoms in total. The molecule has 0 unspecified atom stereocenters. The van der Waals surface area contributed by atoms with Gasteiger partial charge in [-0.15, -0.1) is 10.2 Å². The Kier molecular flexibility index (Phi) is 4.63. The highest BCUT2D eigenvalue weighted by Crippen LogP contribution is 2.33. The van der Waals surface area contributed by atoms with Gasteiger partial charge < -0.3 is 19.7 Å². The number of benzene rings is 1. The molecule has 1 amide bonds. The quantitative estimate of drug-likeness (QED) is 0.710. The van der Waals surface area contributed by atoms with Crippen molar-refractivity contribution in [3.63, 3.8) is 0 Å². The number of aromatic nitrogens is 3. The van der Waals surface area contributed by atoms with Crippen LogP contribution in [-0.2, 0) is 4.79 Å². The summed E-state index contributed by atoms with van der Waals surface area (Å²) in [5, 5.41) is 12.0. The van der Waals surface area contributed by atoms with Crippen LogP contribution < -0.4 is 19.7 Å². The van der Waals surface area contributed by atoms with Crippen LogP contribution in [0.1, 0.15) is 12.8 Å². The third-order valence-electron chi connectivity index (χ3n) is 5.25. The number of fused-ring (bicyclic) bond motifs is 2. The highest BCUT2D eigenvalue weighted by atomic mass is 35.5. The molecule has 3 aromatic rings. The summed E-state index contributed by atoms with van der Waals surface area (Å²) in [6, 6.07) is 9.11. The summed E-state index contributed by atoms with van der Waals surface area (Å²) in [5.74, 6) is 1.91. The van der Waals surface area contributed by atoms with Crippen LogP contribution in [0, 0.1) is 5.92 Å². The topological polar surface area (TPSA) is 81.0 Å². The Morgan fingerprint density at radius 2 is 2.03 bits per heavy atom. The highest BCUT2D eigenvalue weighted by Gasteiger charge is 2.28. The number of ether oxygens (including phenoxy) is 2. The largest absolute Gasteiger partial charge is 0.486 e. The van der Waals surface area contributed by atoms with Crippen molar-refractivity contribution < 1.29 is 14.3 Å². The smallest absolute Gasteiger partial charge is 0.231 e. The summed E-state index contributed by atoms with van der Waals surface area (Å²) >= 11 is 6.20. The number of pyridine rings is 1.